The van der Waals surface area contributed by atoms with Gasteiger partial charge in [0.15, 0.2) is 5.75 Å². The minimum atomic E-state index is -0.0485. The van der Waals surface area contributed by atoms with Crippen molar-refractivity contribution in [3.8, 4) is 11.6 Å². The van der Waals surface area contributed by atoms with E-state index in [1.165, 1.54) is 6.92 Å². The molecule has 23 heavy (non-hydrogen) atoms. The zero-order valence-corrected chi connectivity index (χ0v) is 13.7. The van der Waals surface area contributed by atoms with Gasteiger partial charge in [-0.2, -0.15) is 5.10 Å². The van der Waals surface area contributed by atoms with Crippen LogP contribution in [0, 0.1) is 0 Å². The SMILES string of the molecule is CCCn1cc(Oc2ccc(/C=C/[C@H](C)NC(C)=O)cn2)cn1. The second-order valence-corrected chi connectivity index (χ2v) is 5.32. The largest absolute Gasteiger partial charge is 0.436 e. The smallest absolute Gasteiger partial charge is 0.219 e. The molecular weight excluding hydrogens is 292 g/mol. The summed E-state index contributed by atoms with van der Waals surface area (Å²) in [5.74, 6) is 1.15. The molecule has 0 aromatic carbocycles. The van der Waals surface area contributed by atoms with Gasteiger partial charge in [-0.1, -0.05) is 19.1 Å². The molecule has 0 fully saturated rings. The molecule has 122 valence electrons. The Balaban J connectivity index is 1.93. The maximum Gasteiger partial charge on any atom is 0.219 e. The van der Waals surface area contributed by atoms with Crippen LogP contribution in [0.3, 0.4) is 0 Å². The number of nitrogens with one attached hydrogen (secondary N) is 1. The lowest BCUT2D eigenvalue weighted by atomic mass is 10.2. The topological polar surface area (TPSA) is 69.0 Å². The standard InChI is InChI=1S/C17H22N4O2/c1-4-9-21-12-16(11-19-21)23-17-8-7-15(10-18-17)6-5-13(2)20-14(3)22/h5-8,10-13H,4,9H2,1-3H3,(H,20,22)/b6-5+/t13-/m0/s1. The van der Waals surface area contributed by atoms with Crippen molar-refractivity contribution in [2.24, 2.45) is 0 Å². The molecule has 0 aliphatic carbocycles. The number of aryl methyl sites for hydroxylation is 1. The number of pyridine rings is 1. The van der Waals surface area contributed by atoms with E-state index in [1.807, 2.05) is 36.0 Å². The van der Waals surface area contributed by atoms with Crippen molar-refractivity contribution in [2.45, 2.75) is 39.8 Å². The molecule has 2 heterocycles. The molecule has 6 heteroatoms. The second-order valence-electron chi connectivity index (χ2n) is 5.32. The summed E-state index contributed by atoms with van der Waals surface area (Å²) in [6, 6.07) is 3.70. The summed E-state index contributed by atoms with van der Waals surface area (Å²) in [6.07, 6.45) is 10.1. The number of nitrogens with zero attached hydrogens (tertiary/aromatic N) is 3. The first-order valence-electron chi connectivity index (χ1n) is 7.68. The minimum Gasteiger partial charge on any atom is -0.436 e. The van der Waals surface area contributed by atoms with E-state index in [0.29, 0.717) is 11.6 Å². The first-order valence-corrected chi connectivity index (χ1v) is 7.68. The maximum absolute atomic E-state index is 10.9. The summed E-state index contributed by atoms with van der Waals surface area (Å²) in [6.45, 7) is 6.38. The molecule has 1 atom stereocenters. The Kier molecular flexibility index (Phi) is 5.91. The van der Waals surface area contributed by atoms with E-state index < -0.39 is 0 Å². The summed E-state index contributed by atoms with van der Waals surface area (Å²) in [5, 5.41) is 7.00. The highest BCUT2D eigenvalue weighted by Crippen LogP contribution is 2.18. The lowest BCUT2D eigenvalue weighted by Gasteiger charge is -2.06. The molecule has 0 spiro atoms. The van der Waals surface area contributed by atoms with Crippen molar-refractivity contribution in [2.75, 3.05) is 0 Å². The summed E-state index contributed by atoms with van der Waals surface area (Å²) < 4.78 is 7.51. The number of ether oxygens (including phenoxy) is 1. The van der Waals surface area contributed by atoms with Crippen LogP contribution in [0.4, 0.5) is 0 Å². The molecule has 0 bridgehead atoms. The van der Waals surface area contributed by atoms with E-state index in [9.17, 15) is 4.79 Å². The van der Waals surface area contributed by atoms with Crippen LogP contribution in [0.1, 0.15) is 32.8 Å². The molecule has 2 rings (SSSR count). The fourth-order valence-corrected chi connectivity index (χ4v) is 2.04. The van der Waals surface area contributed by atoms with Crippen LogP contribution < -0.4 is 10.1 Å². The fourth-order valence-electron chi connectivity index (χ4n) is 2.04. The van der Waals surface area contributed by atoms with Crippen molar-refractivity contribution < 1.29 is 9.53 Å². The van der Waals surface area contributed by atoms with Crippen LogP contribution >= 0.6 is 0 Å². The number of hydrogen-bond acceptors (Lipinski definition) is 4. The third-order valence-corrected chi connectivity index (χ3v) is 3.05. The zero-order chi connectivity index (χ0) is 16.7. The average Bonchev–Trinajstić information content (AvgIpc) is 2.93. The zero-order valence-electron chi connectivity index (χ0n) is 13.7. The van der Waals surface area contributed by atoms with Crippen molar-refractivity contribution in [1.29, 1.82) is 0 Å². The van der Waals surface area contributed by atoms with E-state index in [0.717, 1.165) is 18.5 Å². The molecule has 0 aliphatic rings. The van der Waals surface area contributed by atoms with Crippen LogP contribution in [0.15, 0.2) is 36.8 Å². The molecular formula is C17H22N4O2. The highest BCUT2D eigenvalue weighted by atomic mass is 16.5. The maximum atomic E-state index is 10.9. The molecule has 6 nitrogen and oxygen atoms in total. The molecule has 2 aromatic rings. The third-order valence-electron chi connectivity index (χ3n) is 3.05. The summed E-state index contributed by atoms with van der Waals surface area (Å²) in [7, 11) is 0. The van der Waals surface area contributed by atoms with Gasteiger partial charge in [-0.05, 0) is 25.0 Å². The Morgan fingerprint density at radius 3 is 2.91 bits per heavy atom. The number of carbonyl (C=O) groups is 1. The van der Waals surface area contributed by atoms with Crippen molar-refractivity contribution in [3.63, 3.8) is 0 Å². The van der Waals surface area contributed by atoms with E-state index in [-0.39, 0.29) is 11.9 Å². The second kappa shape index (κ2) is 8.12. The number of amides is 1. The van der Waals surface area contributed by atoms with Gasteiger partial charge in [0.1, 0.15) is 0 Å². The van der Waals surface area contributed by atoms with E-state index in [4.69, 9.17) is 4.74 Å². The van der Waals surface area contributed by atoms with Crippen molar-refractivity contribution in [1.82, 2.24) is 20.1 Å². The normalized spacial score (nSPS) is 12.3. The van der Waals surface area contributed by atoms with Gasteiger partial charge in [0.05, 0.1) is 12.4 Å². The Hall–Kier alpha value is -2.63. The average molecular weight is 314 g/mol. The van der Waals surface area contributed by atoms with Gasteiger partial charge in [-0.3, -0.25) is 9.48 Å². The van der Waals surface area contributed by atoms with Crippen LogP contribution in [0.5, 0.6) is 11.6 Å². The molecule has 1 amide bonds. The Labute approximate surface area is 136 Å². The molecule has 0 saturated carbocycles. The number of aromatic nitrogens is 3. The Morgan fingerprint density at radius 2 is 2.26 bits per heavy atom. The quantitative estimate of drug-likeness (QED) is 0.853. The summed E-state index contributed by atoms with van der Waals surface area (Å²) in [4.78, 5) is 15.2. The Morgan fingerprint density at radius 1 is 1.43 bits per heavy atom. The third kappa shape index (κ3) is 5.58. The predicted molar refractivity (Wildman–Crippen MR) is 89.1 cm³/mol. The van der Waals surface area contributed by atoms with Gasteiger partial charge < -0.3 is 10.1 Å². The van der Waals surface area contributed by atoms with Gasteiger partial charge in [-0.25, -0.2) is 4.98 Å². The van der Waals surface area contributed by atoms with Gasteiger partial charge in [0.25, 0.3) is 0 Å². The summed E-state index contributed by atoms with van der Waals surface area (Å²) in [5.41, 5.74) is 0.941. The van der Waals surface area contributed by atoms with Crippen LogP contribution in [0.25, 0.3) is 6.08 Å². The van der Waals surface area contributed by atoms with Gasteiger partial charge >= 0.3 is 0 Å². The highest BCUT2D eigenvalue weighted by Gasteiger charge is 2.02. The van der Waals surface area contributed by atoms with Gasteiger partial charge in [-0.15, -0.1) is 0 Å². The van der Waals surface area contributed by atoms with E-state index >= 15 is 0 Å². The molecule has 0 saturated heterocycles. The molecule has 0 unspecified atom stereocenters. The number of rotatable bonds is 7. The molecule has 0 aliphatic heterocycles. The molecule has 0 radical (unpaired) electrons. The van der Waals surface area contributed by atoms with Crippen molar-refractivity contribution in [3.05, 3.63) is 42.4 Å². The first-order chi connectivity index (χ1) is 11.1. The molecule has 2 aromatic heterocycles. The predicted octanol–water partition coefficient (Wildman–Crippen LogP) is 3.02. The minimum absolute atomic E-state index is 0.0205. The van der Waals surface area contributed by atoms with E-state index in [2.05, 4.69) is 22.3 Å². The van der Waals surface area contributed by atoms with Gasteiger partial charge in [0.2, 0.25) is 11.8 Å². The summed E-state index contributed by atoms with van der Waals surface area (Å²) >= 11 is 0. The number of carbonyl (C=O) groups excluding carboxylic acids is 1. The number of hydrogen-bond donors (Lipinski definition) is 1. The monoisotopic (exact) mass is 314 g/mol. The van der Waals surface area contributed by atoms with Crippen molar-refractivity contribution >= 4 is 12.0 Å². The van der Waals surface area contributed by atoms with Crippen LogP contribution in [-0.2, 0) is 11.3 Å². The van der Waals surface area contributed by atoms with Crippen LogP contribution in [-0.4, -0.2) is 26.7 Å². The van der Waals surface area contributed by atoms with Gasteiger partial charge in [0, 0.05) is 31.8 Å². The van der Waals surface area contributed by atoms with E-state index in [1.54, 1.807) is 18.5 Å². The lowest BCUT2D eigenvalue weighted by Crippen LogP contribution is -2.28. The fraction of sp³-hybridized carbons (Fsp3) is 0.353. The highest BCUT2D eigenvalue weighted by molar-refractivity contribution is 5.73. The molecule has 1 N–H and O–H groups in total. The Bertz CT molecular complexity index is 661. The lowest BCUT2D eigenvalue weighted by molar-refractivity contribution is -0.119. The first kappa shape index (κ1) is 16.7. The van der Waals surface area contributed by atoms with Crippen LogP contribution in [0.2, 0.25) is 0 Å².